The second-order valence-corrected chi connectivity index (χ2v) is 3.21. The lowest BCUT2D eigenvalue weighted by atomic mass is 10.2. The molecular weight excluding hydrogens is 192 g/mol. The zero-order valence-electron chi connectivity index (χ0n) is 7.49. The molecule has 72 valence electrons. The summed E-state index contributed by atoms with van der Waals surface area (Å²) >= 11 is 5.76. The number of aliphatic carboxylic acids is 1. The number of carboxylic acid groups (broad SMARTS) is 1. The van der Waals surface area contributed by atoms with Crippen molar-refractivity contribution >= 4 is 17.6 Å². The first-order valence-corrected chi connectivity index (χ1v) is 4.38. The fourth-order valence-corrected chi connectivity index (χ4v) is 1.23. The summed E-state index contributed by atoms with van der Waals surface area (Å²) in [6.07, 6.45) is 2.03. The molecule has 0 spiro atoms. The normalized spacial score (nSPS) is 12.8. The Labute approximate surface area is 81.1 Å². The second kappa shape index (κ2) is 3.79. The van der Waals surface area contributed by atoms with Crippen molar-refractivity contribution in [1.29, 1.82) is 0 Å². The Bertz CT molecular complexity index is 302. The third-order valence-electron chi connectivity index (χ3n) is 1.85. The summed E-state index contributed by atoms with van der Waals surface area (Å²) in [5, 5.41) is 13.3. The molecule has 0 radical (unpaired) electrons. The highest BCUT2D eigenvalue weighted by atomic mass is 35.5. The number of rotatable bonds is 3. The topological polar surface area (TPSA) is 55.1 Å². The third kappa shape index (κ3) is 2.01. The van der Waals surface area contributed by atoms with Crippen LogP contribution in [0.25, 0.3) is 0 Å². The highest BCUT2D eigenvalue weighted by molar-refractivity contribution is 6.31. The fraction of sp³-hybridized carbons (Fsp3) is 0.500. The molecule has 0 fully saturated rings. The Balaban J connectivity index is 2.98. The van der Waals surface area contributed by atoms with E-state index >= 15 is 0 Å². The zero-order valence-corrected chi connectivity index (χ0v) is 8.25. The van der Waals surface area contributed by atoms with Crippen LogP contribution in [0.1, 0.15) is 25.1 Å². The number of hydrogen-bond donors (Lipinski definition) is 1. The Kier molecular flexibility index (Phi) is 2.93. The predicted octanol–water partition coefficient (Wildman–Crippen LogP) is 1.88. The molecular formula is C8H11ClN2O2. The van der Waals surface area contributed by atoms with Crippen molar-refractivity contribution in [2.75, 3.05) is 0 Å². The molecule has 0 saturated carbocycles. The van der Waals surface area contributed by atoms with E-state index in [0.717, 1.165) is 0 Å². The van der Waals surface area contributed by atoms with Crippen LogP contribution in [0.5, 0.6) is 0 Å². The monoisotopic (exact) mass is 202 g/mol. The van der Waals surface area contributed by atoms with Gasteiger partial charge in [-0.2, -0.15) is 5.10 Å². The van der Waals surface area contributed by atoms with Crippen molar-refractivity contribution in [2.24, 2.45) is 0 Å². The van der Waals surface area contributed by atoms with Gasteiger partial charge in [-0.05, 0) is 13.3 Å². The minimum absolute atomic E-state index is 0.493. The SMILES string of the molecule is CCC(C(=O)O)n1cc(Cl)c(C)n1. The van der Waals surface area contributed by atoms with Crippen LogP contribution in [-0.2, 0) is 4.79 Å². The van der Waals surface area contributed by atoms with Gasteiger partial charge in [-0.3, -0.25) is 4.68 Å². The summed E-state index contributed by atoms with van der Waals surface area (Å²) in [4.78, 5) is 10.7. The van der Waals surface area contributed by atoms with Crippen LogP contribution in [0, 0.1) is 6.92 Å². The molecule has 1 N–H and O–H groups in total. The van der Waals surface area contributed by atoms with Crippen LogP contribution in [-0.4, -0.2) is 20.9 Å². The molecule has 1 unspecified atom stereocenters. The summed E-state index contributed by atoms with van der Waals surface area (Å²) in [5.41, 5.74) is 0.654. The summed E-state index contributed by atoms with van der Waals surface area (Å²) in [5.74, 6) is -0.887. The van der Waals surface area contributed by atoms with Crippen molar-refractivity contribution in [3.8, 4) is 0 Å². The Morgan fingerprint density at radius 2 is 2.46 bits per heavy atom. The maximum absolute atomic E-state index is 10.7. The molecule has 0 bridgehead atoms. The smallest absolute Gasteiger partial charge is 0.328 e. The minimum atomic E-state index is -0.887. The highest BCUT2D eigenvalue weighted by Crippen LogP contribution is 2.17. The van der Waals surface area contributed by atoms with E-state index in [1.54, 1.807) is 20.0 Å². The van der Waals surface area contributed by atoms with Gasteiger partial charge in [-0.15, -0.1) is 0 Å². The van der Waals surface area contributed by atoms with Gasteiger partial charge in [-0.25, -0.2) is 4.79 Å². The Morgan fingerprint density at radius 1 is 1.85 bits per heavy atom. The maximum Gasteiger partial charge on any atom is 0.328 e. The summed E-state index contributed by atoms with van der Waals surface area (Å²) in [6.45, 7) is 3.54. The number of halogens is 1. The maximum atomic E-state index is 10.7. The molecule has 5 heteroatoms. The number of carbonyl (C=O) groups is 1. The number of aromatic nitrogens is 2. The molecule has 0 aliphatic rings. The lowest BCUT2D eigenvalue weighted by molar-refractivity contribution is -0.141. The molecule has 0 aliphatic carbocycles. The molecule has 1 aromatic rings. The first-order valence-electron chi connectivity index (χ1n) is 4.00. The molecule has 1 atom stereocenters. The van der Waals surface area contributed by atoms with E-state index in [1.807, 2.05) is 0 Å². The van der Waals surface area contributed by atoms with Crippen molar-refractivity contribution in [1.82, 2.24) is 9.78 Å². The van der Waals surface area contributed by atoms with Gasteiger partial charge in [0.25, 0.3) is 0 Å². The van der Waals surface area contributed by atoms with Crippen LogP contribution >= 0.6 is 11.6 Å². The van der Waals surface area contributed by atoms with Gasteiger partial charge in [0.15, 0.2) is 0 Å². The molecule has 0 aromatic carbocycles. The van der Waals surface area contributed by atoms with Gasteiger partial charge < -0.3 is 5.11 Å². The van der Waals surface area contributed by atoms with Gasteiger partial charge in [0.2, 0.25) is 0 Å². The molecule has 0 aliphatic heterocycles. The quantitative estimate of drug-likeness (QED) is 0.814. The standard InChI is InChI=1S/C8H11ClN2O2/c1-3-7(8(12)13)11-4-6(9)5(2)10-11/h4,7H,3H2,1-2H3,(H,12,13). The molecule has 1 rings (SSSR count). The first kappa shape index (κ1) is 10.1. The van der Waals surface area contributed by atoms with E-state index in [0.29, 0.717) is 17.1 Å². The molecule has 0 amide bonds. The van der Waals surface area contributed by atoms with Crippen LogP contribution in [0.15, 0.2) is 6.20 Å². The van der Waals surface area contributed by atoms with Gasteiger partial charge in [0, 0.05) is 6.20 Å². The van der Waals surface area contributed by atoms with Crippen molar-refractivity contribution < 1.29 is 9.90 Å². The Hall–Kier alpha value is -1.03. The average molecular weight is 203 g/mol. The molecule has 13 heavy (non-hydrogen) atoms. The molecule has 1 aromatic heterocycles. The lowest BCUT2D eigenvalue weighted by Crippen LogP contribution is -2.18. The van der Waals surface area contributed by atoms with Gasteiger partial charge in [-0.1, -0.05) is 18.5 Å². The van der Waals surface area contributed by atoms with Crippen LogP contribution < -0.4 is 0 Å². The average Bonchev–Trinajstić information content (AvgIpc) is 2.32. The Morgan fingerprint density at radius 3 is 2.77 bits per heavy atom. The van der Waals surface area contributed by atoms with Crippen molar-refractivity contribution in [3.63, 3.8) is 0 Å². The van der Waals surface area contributed by atoms with E-state index in [2.05, 4.69) is 5.10 Å². The summed E-state index contributed by atoms with van der Waals surface area (Å²) in [6, 6.07) is -0.619. The number of nitrogens with zero attached hydrogens (tertiary/aromatic N) is 2. The predicted molar refractivity (Wildman–Crippen MR) is 48.9 cm³/mol. The minimum Gasteiger partial charge on any atom is -0.480 e. The number of carboxylic acids is 1. The molecule has 0 saturated heterocycles. The van der Waals surface area contributed by atoms with E-state index in [1.165, 1.54) is 4.68 Å². The fourth-order valence-electron chi connectivity index (χ4n) is 1.09. The largest absolute Gasteiger partial charge is 0.480 e. The lowest BCUT2D eigenvalue weighted by Gasteiger charge is -2.08. The summed E-state index contributed by atoms with van der Waals surface area (Å²) < 4.78 is 1.39. The van der Waals surface area contributed by atoms with Crippen molar-refractivity contribution in [2.45, 2.75) is 26.3 Å². The molecule has 4 nitrogen and oxygen atoms in total. The zero-order chi connectivity index (χ0) is 10.0. The first-order chi connectivity index (χ1) is 6.06. The van der Waals surface area contributed by atoms with Gasteiger partial charge >= 0.3 is 5.97 Å². The van der Waals surface area contributed by atoms with Crippen LogP contribution in [0.2, 0.25) is 5.02 Å². The highest BCUT2D eigenvalue weighted by Gasteiger charge is 2.18. The number of aryl methyl sites for hydroxylation is 1. The molecule has 1 heterocycles. The van der Waals surface area contributed by atoms with E-state index in [-0.39, 0.29) is 0 Å². The van der Waals surface area contributed by atoms with Crippen LogP contribution in [0.4, 0.5) is 0 Å². The third-order valence-corrected chi connectivity index (χ3v) is 2.22. The van der Waals surface area contributed by atoms with Crippen molar-refractivity contribution in [3.05, 3.63) is 16.9 Å². The summed E-state index contributed by atoms with van der Waals surface area (Å²) in [7, 11) is 0. The van der Waals surface area contributed by atoms with Gasteiger partial charge in [0.05, 0.1) is 10.7 Å². The number of hydrogen-bond acceptors (Lipinski definition) is 2. The van der Waals surface area contributed by atoms with Crippen LogP contribution in [0.3, 0.4) is 0 Å². The van der Waals surface area contributed by atoms with E-state index in [4.69, 9.17) is 16.7 Å². The van der Waals surface area contributed by atoms with E-state index in [9.17, 15) is 4.79 Å². The van der Waals surface area contributed by atoms with Gasteiger partial charge in [0.1, 0.15) is 6.04 Å². The second-order valence-electron chi connectivity index (χ2n) is 2.80. The van der Waals surface area contributed by atoms with E-state index < -0.39 is 12.0 Å².